The number of carbonyl (C=O) groups excluding carboxylic acids is 1. The number of para-hydroxylation sites is 1. The van der Waals surface area contributed by atoms with Crippen molar-refractivity contribution >= 4 is 29.3 Å². The molecule has 3 nitrogen and oxygen atoms in total. The Bertz CT molecular complexity index is 499. The zero-order valence-corrected chi connectivity index (χ0v) is 9.66. The number of carbonyl (C=O) groups is 1. The summed E-state index contributed by atoms with van der Waals surface area (Å²) in [5, 5.41) is 1.02. The summed E-state index contributed by atoms with van der Waals surface area (Å²) in [4.78, 5) is 15.6. The van der Waals surface area contributed by atoms with E-state index in [-0.39, 0.29) is 18.4 Å². The van der Waals surface area contributed by atoms with Gasteiger partial charge in [-0.25, -0.2) is 9.78 Å². The first kappa shape index (κ1) is 12.5. The minimum Gasteiger partial charge on any atom is -0.461 e. The number of aromatic nitrogens is 1. The lowest BCUT2D eigenvalue weighted by molar-refractivity contribution is 0.0520. The van der Waals surface area contributed by atoms with E-state index in [2.05, 4.69) is 4.98 Å². The van der Waals surface area contributed by atoms with Gasteiger partial charge in [0.15, 0.2) is 0 Å². The summed E-state index contributed by atoms with van der Waals surface area (Å²) in [6, 6.07) is 11.2. The molecule has 0 aliphatic heterocycles. The van der Waals surface area contributed by atoms with E-state index in [4.69, 9.17) is 4.74 Å². The van der Waals surface area contributed by atoms with Gasteiger partial charge in [-0.15, -0.1) is 12.4 Å². The molecule has 0 unspecified atom stereocenters. The molecular formula is C12H12ClNO2. The Balaban J connectivity index is 0.00000128. The number of fused-ring (bicyclic) bond motifs is 1. The van der Waals surface area contributed by atoms with Gasteiger partial charge in [0, 0.05) is 5.39 Å². The van der Waals surface area contributed by atoms with E-state index in [9.17, 15) is 4.79 Å². The number of nitrogens with zero attached hydrogens (tertiary/aromatic N) is 1. The summed E-state index contributed by atoms with van der Waals surface area (Å²) < 4.78 is 4.88. The highest BCUT2D eigenvalue weighted by atomic mass is 35.5. The molecule has 0 bridgehead atoms. The Hall–Kier alpha value is -1.61. The molecule has 0 N–H and O–H groups in total. The average Bonchev–Trinajstić information content (AvgIpc) is 2.29. The van der Waals surface area contributed by atoms with Crippen molar-refractivity contribution < 1.29 is 9.53 Å². The maximum atomic E-state index is 11.4. The van der Waals surface area contributed by atoms with Crippen LogP contribution in [-0.4, -0.2) is 17.6 Å². The third-order valence-corrected chi connectivity index (χ3v) is 2.08. The monoisotopic (exact) mass is 237 g/mol. The van der Waals surface area contributed by atoms with Gasteiger partial charge in [0.25, 0.3) is 0 Å². The highest BCUT2D eigenvalue weighted by Gasteiger charge is 2.07. The molecule has 0 amide bonds. The summed E-state index contributed by atoms with van der Waals surface area (Å²) >= 11 is 0. The Kier molecular flexibility index (Phi) is 4.26. The summed E-state index contributed by atoms with van der Waals surface area (Å²) in [6.45, 7) is 2.15. The smallest absolute Gasteiger partial charge is 0.356 e. The van der Waals surface area contributed by atoms with Crippen molar-refractivity contribution in [2.45, 2.75) is 6.92 Å². The molecule has 2 rings (SSSR count). The molecule has 16 heavy (non-hydrogen) atoms. The van der Waals surface area contributed by atoms with Crippen LogP contribution in [0, 0.1) is 0 Å². The van der Waals surface area contributed by atoms with Gasteiger partial charge in [-0.2, -0.15) is 0 Å². The molecule has 0 aliphatic rings. The first-order valence-corrected chi connectivity index (χ1v) is 4.84. The fourth-order valence-corrected chi connectivity index (χ4v) is 1.38. The number of ether oxygens (including phenoxy) is 1. The second-order valence-electron chi connectivity index (χ2n) is 3.11. The molecule has 0 spiro atoms. The van der Waals surface area contributed by atoms with Crippen molar-refractivity contribution in [1.29, 1.82) is 0 Å². The zero-order chi connectivity index (χ0) is 10.7. The Morgan fingerprint density at radius 1 is 1.25 bits per heavy atom. The largest absolute Gasteiger partial charge is 0.461 e. The molecule has 1 aromatic carbocycles. The second kappa shape index (κ2) is 5.47. The van der Waals surface area contributed by atoms with E-state index in [1.54, 1.807) is 13.0 Å². The zero-order valence-electron chi connectivity index (χ0n) is 8.84. The Labute approximate surface area is 99.9 Å². The SMILES string of the molecule is CCOC(=O)c1ccc2ccccc2n1.Cl. The average molecular weight is 238 g/mol. The molecule has 0 fully saturated rings. The maximum Gasteiger partial charge on any atom is 0.356 e. The minimum atomic E-state index is -0.372. The van der Waals surface area contributed by atoms with Crippen molar-refractivity contribution in [3.05, 3.63) is 42.1 Å². The van der Waals surface area contributed by atoms with Gasteiger partial charge in [-0.3, -0.25) is 0 Å². The van der Waals surface area contributed by atoms with Crippen LogP contribution >= 0.6 is 12.4 Å². The third kappa shape index (κ3) is 2.49. The van der Waals surface area contributed by atoms with E-state index in [1.165, 1.54) is 0 Å². The number of hydrogen-bond acceptors (Lipinski definition) is 3. The van der Waals surface area contributed by atoms with Gasteiger partial charge in [0.1, 0.15) is 5.69 Å². The van der Waals surface area contributed by atoms with Crippen LogP contribution < -0.4 is 0 Å². The van der Waals surface area contributed by atoms with Crippen molar-refractivity contribution in [2.75, 3.05) is 6.61 Å². The van der Waals surface area contributed by atoms with Crippen LogP contribution in [-0.2, 0) is 4.74 Å². The lowest BCUT2D eigenvalue weighted by Crippen LogP contribution is -2.06. The molecule has 4 heteroatoms. The molecule has 0 radical (unpaired) electrons. The summed E-state index contributed by atoms with van der Waals surface area (Å²) in [7, 11) is 0. The highest BCUT2D eigenvalue weighted by Crippen LogP contribution is 2.12. The Morgan fingerprint density at radius 3 is 2.75 bits per heavy atom. The lowest BCUT2D eigenvalue weighted by atomic mass is 10.2. The fourth-order valence-electron chi connectivity index (χ4n) is 1.38. The molecular weight excluding hydrogens is 226 g/mol. The molecule has 1 aromatic heterocycles. The number of rotatable bonds is 2. The fraction of sp³-hybridized carbons (Fsp3) is 0.167. The molecule has 2 aromatic rings. The minimum absolute atomic E-state index is 0. The highest BCUT2D eigenvalue weighted by molar-refractivity contribution is 5.90. The van der Waals surface area contributed by atoms with Gasteiger partial charge in [-0.05, 0) is 19.1 Å². The number of benzene rings is 1. The maximum absolute atomic E-state index is 11.4. The van der Waals surface area contributed by atoms with Crippen molar-refractivity contribution in [1.82, 2.24) is 4.98 Å². The summed E-state index contributed by atoms with van der Waals surface area (Å²) in [5.41, 5.74) is 1.17. The predicted octanol–water partition coefficient (Wildman–Crippen LogP) is 2.83. The van der Waals surface area contributed by atoms with Gasteiger partial charge in [-0.1, -0.05) is 24.3 Å². The second-order valence-corrected chi connectivity index (χ2v) is 3.11. The van der Waals surface area contributed by atoms with E-state index in [1.807, 2.05) is 30.3 Å². The standard InChI is InChI=1S/C12H11NO2.ClH/c1-2-15-12(14)11-8-7-9-5-3-4-6-10(9)13-11;/h3-8H,2H2,1H3;1H. The quantitative estimate of drug-likeness (QED) is 0.754. The van der Waals surface area contributed by atoms with Gasteiger partial charge in [0.05, 0.1) is 12.1 Å². The third-order valence-electron chi connectivity index (χ3n) is 2.08. The predicted molar refractivity (Wildman–Crippen MR) is 64.9 cm³/mol. The molecule has 0 atom stereocenters. The molecule has 0 aliphatic carbocycles. The van der Waals surface area contributed by atoms with E-state index in [0.29, 0.717) is 12.3 Å². The van der Waals surface area contributed by atoms with Crippen molar-refractivity contribution in [3.8, 4) is 0 Å². The lowest BCUT2D eigenvalue weighted by Gasteiger charge is -2.02. The normalized spacial score (nSPS) is 9.56. The van der Waals surface area contributed by atoms with Crippen LogP contribution in [0.25, 0.3) is 10.9 Å². The van der Waals surface area contributed by atoms with E-state index >= 15 is 0 Å². The van der Waals surface area contributed by atoms with Crippen LogP contribution in [0.4, 0.5) is 0 Å². The Morgan fingerprint density at radius 2 is 2.00 bits per heavy atom. The molecule has 0 saturated heterocycles. The van der Waals surface area contributed by atoms with Crippen LogP contribution in [0.5, 0.6) is 0 Å². The summed E-state index contributed by atoms with van der Waals surface area (Å²) in [6.07, 6.45) is 0. The first-order valence-electron chi connectivity index (χ1n) is 4.84. The van der Waals surface area contributed by atoms with Crippen molar-refractivity contribution in [3.63, 3.8) is 0 Å². The molecule has 84 valence electrons. The van der Waals surface area contributed by atoms with E-state index < -0.39 is 0 Å². The van der Waals surface area contributed by atoms with Crippen molar-refractivity contribution in [2.24, 2.45) is 0 Å². The van der Waals surface area contributed by atoms with Gasteiger partial charge in [0.2, 0.25) is 0 Å². The summed E-state index contributed by atoms with van der Waals surface area (Å²) in [5.74, 6) is -0.372. The number of hydrogen-bond donors (Lipinski definition) is 0. The van der Waals surface area contributed by atoms with Gasteiger partial charge >= 0.3 is 5.97 Å². The van der Waals surface area contributed by atoms with Crippen LogP contribution in [0.15, 0.2) is 36.4 Å². The first-order chi connectivity index (χ1) is 7.31. The molecule has 0 saturated carbocycles. The number of halogens is 1. The number of esters is 1. The van der Waals surface area contributed by atoms with Crippen LogP contribution in [0.1, 0.15) is 17.4 Å². The number of pyridine rings is 1. The van der Waals surface area contributed by atoms with E-state index in [0.717, 1.165) is 10.9 Å². The molecule has 1 heterocycles. The topological polar surface area (TPSA) is 39.2 Å². The van der Waals surface area contributed by atoms with Crippen LogP contribution in [0.2, 0.25) is 0 Å². The van der Waals surface area contributed by atoms with Crippen LogP contribution in [0.3, 0.4) is 0 Å². The van der Waals surface area contributed by atoms with Gasteiger partial charge < -0.3 is 4.74 Å².